The normalized spacial score (nSPS) is 24.6. The van der Waals surface area contributed by atoms with Gasteiger partial charge in [-0.3, -0.25) is 0 Å². The van der Waals surface area contributed by atoms with Gasteiger partial charge < -0.3 is 5.32 Å². The molecule has 3 nitrogen and oxygen atoms in total. The Morgan fingerprint density at radius 2 is 2.44 bits per heavy atom. The van der Waals surface area contributed by atoms with Gasteiger partial charge in [-0.1, -0.05) is 6.92 Å². The van der Waals surface area contributed by atoms with Crippen molar-refractivity contribution in [2.45, 2.75) is 37.5 Å². The lowest BCUT2D eigenvalue weighted by molar-refractivity contribution is 0.750. The molecule has 1 aromatic heterocycles. The van der Waals surface area contributed by atoms with Gasteiger partial charge in [0.05, 0.1) is 4.47 Å². The summed E-state index contributed by atoms with van der Waals surface area (Å²) in [4.78, 5) is 8.20. The number of aromatic nitrogens is 2. The van der Waals surface area contributed by atoms with Gasteiger partial charge in [-0.2, -0.15) is 11.8 Å². The van der Waals surface area contributed by atoms with Crippen LogP contribution in [0.1, 0.15) is 26.2 Å². The monoisotopic (exact) mass is 301 g/mol. The summed E-state index contributed by atoms with van der Waals surface area (Å²) in [7, 11) is 0. The summed E-state index contributed by atoms with van der Waals surface area (Å²) < 4.78 is 0.946. The van der Waals surface area contributed by atoms with E-state index in [1.807, 2.05) is 0 Å². The van der Waals surface area contributed by atoms with Crippen molar-refractivity contribution in [2.75, 3.05) is 11.1 Å². The standard InChI is InChI=1S/C11H16BrN3S/c1-2-16-9-4-3-8(5-9)15-11-10(12)6-13-7-14-11/h6-9H,2-5H2,1H3,(H,13,14,15). The van der Waals surface area contributed by atoms with Gasteiger partial charge in [-0.05, 0) is 40.9 Å². The van der Waals surface area contributed by atoms with Crippen molar-refractivity contribution in [3.8, 4) is 0 Å². The number of halogens is 1. The van der Waals surface area contributed by atoms with E-state index in [2.05, 4.69) is 49.9 Å². The van der Waals surface area contributed by atoms with Crippen molar-refractivity contribution < 1.29 is 0 Å². The zero-order chi connectivity index (χ0) is 11.4. The van der Waals surface area contributed by atoms with Crippen LogP contribution in [0.5, 0.6) is 0 Å². The van der Waals surface area contributed by atoms with Crippen LogP contribution in [0.25, 0.3) is 0 Å². The minimum absolute atomic E-state index is 0.565. The highest BCUT2D eigenvalue weighted by Gasteiger charge is 2.24. The molecule has 2 unspecified atom stereocenters. The number of hydrogen-bond acceptors (Lipinski definition) is 4. The first-order valence-electron chi connectivity index (χ1n) is 5.63. The summed E-state index contributed by atoms with van der Waals surface area (Å²) in [6.07, 6.45) is 7.17. The molecule has 1 aromatic rings. The Hall–Kier alpha value is -0.290. The Labute approximate surface area is 109 Å². The van der Waals surface area contributed by atoms with Crippen LogP contribution in [0, 0.1) is 0 Å². The lowest BCUT2D eigenvalue weighted by Gasteiger charge is -2.14. The predicted octanol–water partition coefficient (Wildman–Crippen LogP) is 3.33. The molecule has 1 fully saturated rings. The van der Waals surface area contributed by atoms with Gasteiger partial charge in [0, 0.05) is 17.5 Å². The maximum Gasteiger partial charge on any atom is 0.143 e. The summed E-state index contributed by atoms with van der Waals surface area (Å²) in [5, 5.41) is 4.31. The third-order valence-corrected chi connectivity index (χ3v) is 4.61. The molecule has 1 N–H and O–H groups in total. The molecule has 2 atom stereocenters. The predicted molar refractivity (Wildman–Crippen MR) is 72.9 cm³/mol. The van der Waals surface area contributed by atoms with Gasteiger partial charge in [0.15, 0.2) is 0 Å². The van der Waals surface area contributed by atoms with Gasteiger partial charge in [-0.25, -0.2) is 9.97 Å². The smallest absolute Gasteiger partial charge is 0.143 e. The van der Waals surface area contributed by atoms with Crippen molar-refractivity contribution in [2.24, 2.45) is 0 Å². The van der Waals surface area contributed by atoms with Crippen LogP contribution >= 0.6 is 27.7 Å². The van der Waals surface area contributed by atoms with Crippen molar-refractivity contribution in [1.29, 1.82) is 0 Å². The molecule has 0 spiro atoms. The van der Waals surface area contributed by atoms with E-state index in [-0.39, 0.29) is 0 Å². The summed E-state index contributed by atoms with van der Waals surface area (Å²) in [6.45, 7) is 2.23. The van der Waals surface area contributed by atoms with Crippen LogP contribution in [0.15, 0.2) is 17.0 Å². The lowest BCUT2D eigenvalue weighted by Crippen LogP contribution is -2.17. The highest BCUT2D eigenvalue weighted by atomic mass is 79.9. The van der Waals surface area contributed by atoms with Gasteiger partial charge in [0.25, 0.3) is 0 Å². The second-order valence-corrected chi connectivity index (χ2v) is 6.38. The van der Waals surface area contributed by atoms with E-state index in [0.29, 0.717) is 6.04 Å². The molecule has 0 radical (unpaired) electrons. The second kappa shape index (κ2) is 5.87. The van der Waals surface area contributed by atoms with E-state index in [4.69, 9.17) is 0 Å². The van der Waals surface area contributed by atoms with Gasteiger partial charge >= 0.3 is 0 Å². The van der Waals surface area contributed by atoms with E-state index in [0.717, 1.165) is 15.5 Å². The van der Waals surface area contributed by atoms with Crippen molar-refractivity contribution >= 4 is 33.5 Å². The van der Waals surface area contributed by atoms with Gasteiger partial charge in [0.2, 0.25) is 0 Å². The maximum absolute atomic E-state index is 4.24. The fourth-order valence-electron chi connectivity index (χ4n) is 2.07. The lowest BCUT2D eigenvalue weighted by atomic mass is 10.2. The van der Waals surface area contributed by atoms with Crippen LogP contribution in [0.2, 0.25) is 0 Å². The van der Waals surface area contributed by atoms with E-state index >= 15 is 0 Å². The zero-order valence-electron chi connectivity index (χ0n) is 9.32. The molecule has 0 saturated heterocycles. The highest BCUT2D eigenvalue weighted by molar-refractivity contribution is 9.10. The number of nitrogens with zero attached hydrogens (tertiary/aromatic N) is 2. The number of rotatable bonds is 4. The van der Waals surface area contributed by atoms with Crippen LogP contribution in [0.4, 0.5) is 5.82 Å². The maximum atomic E-state index is 4.24. The fourth-order valence-corrected chi connectivity index (χ4v) is 3.55. The number of nitrogens with one attached hydrogen (secondary N) is 1. The number of hydrogen-bond donors (Lipinski definition) is 1. The molecule has 1 saturated carbocycles. The molecule has 1 heterocycles. The third kappa shape index (κ3) is 3.10. The van der Waals surface area contributed by atoms with E-state index in [9.17, 15) is 0 Å². The molecule has 0 aliphatic heterocycles. The van der Waals surface area contributed by atoms with Crippen molar-refractivity contribution in [1.82, 2.24) is 9.97 Å². The molecule has 1 aliphatic rings. The Kier molecular flexibility index (Phi) is 4.46. The first-order valence-corrected chi connectivity index (χ1v) is 7.47. The van der Waals surface area contributed by atoms with Crippen molar-refractivity contribution in [3.63, 3.8) is 0 Å². The summed E-state index contributed by atoms with van der Waals surface area (Å²) >= 11 is 5.53. The molecule has 0 aromatic carbocycles. The first-order chi connectivity index (χ1) is 7.79. The number of thioether (sulfide) groups is 1. The number of anilines is 1. The molecule has 88 valence electrons. The quantitative estimate of drug-likeness (QED) is 0.926. The summed E-state index contributed by atoms with van der Waals surface area (Å²) in [5.74, 6) is 2.14. The molecular formula is C11H16BrN3S. The average Bonchev–Trinajstić information content (AvgIpc) is 2.70. The van der Waals surface area contributed by atoms with E-state index in [1.54, 1.807) is 12.5 Å². The van der Waals surface area contributed by atoms with E-state index in [1.165, 1.54) is 25.0 Å². The Balaban J connectivity index is 1.90. The summed E-state index contributed by atoms with van der Waals surface area (Å²) in [6, 6.07) is 0.565. The van der Waals surface area contributed by atoms with Gasteiger partial charge in [-0.15, -0.1) is 0 Å². The fraction of sp³-hybridized carbons (Fsp3) is 0.636. The molecule has 1 aliphatic carbocycles. The molecule has 0 amide bonds. The van der Waals surface area contributed by atoms with Gasteiger partial charge in [0.1, 0.15) is 12.1 Å². The molecule has 0 bridgehead atoms. The minimum atomic E-state index is 0.565. The average molecular weight is 302 g/mol. The van der Waals surface area contributed by atoms with Crippen molar-refractivity contribution in [3.05, 3.63) is 17.0 Å². The Morgan fingerprint density at radius 3 is 3.19 bits per heavy atom. The minimum Gasteiger partial charge on any atom is -0.366 e. The third-order valence-electron chi connectivity index (χ3n) is 2.80. The molecule has 16 heavy (non-hydrogen) atoms. The largest absolute Gasteiger partial charge is 0.366 e. The van der Waals surface area contributed by atoms with Crippen LogP contribution in [0.3, 0.4) is 0 Å². The van der Waals surface area contributed by atoms with Crippen LogP contribution in [-0.4, -0.2) is 27.0 Å². The second-order valence-electron chi connectivity index (χ2n) is 3.95. The highest BCUT2D eigenvalue weighted by Crippen LogP contribution is 2.32. The SMILES string of the molecule is CCSC1CCC(Nc2ncncc2Br)C1. The topological polar surface area (TPSA) is 37.8 Å². The summed E-state index contributed by atoms with van der Waals surface area (Å²) in [5.41, 5.74) is 0. The Morgan fingerprint density at radius 1 is 1.56 bits per heavy atom. The molecule has 5 heteroatoms. The zero-order valence-corrected chi connectivity index (χ0v) is 11.7. The molecule has 2 rings (SSSR count). The first kappa shape index (κ1) is 12.2. The van der Waals surface area contributed by atoms with Crippen LogP contribution < -0.4 is 5.32 Å². The van der Waals surface area contributed by atoms with Crippen LogP contribution in [-0.2, 0) is 0 Å². The van der Waals surface area contributed by atoms with E-state index < -0.39 is 0 Å². The Bertz CT molecular complexity index is 348. The molecular weight excluding hydrogens is 286 g/mol.